The van der Waals surface area contributed by atoms with E-state index in [2.05, 4.69) is 0 Å². The van der Waals surface area contributed by atoms with Gasteiger partial charge in [-0.05, 0) is 31.9 Å². The van der Waals surface area contributed by atoms with Gasteiger partial charge in [0, 0.05) is 6.54 Å². The fourth-order valence-corrected chi connectivity index (χ4v) is 3.03. The summed E-state index contributed by atoms with van der Waals surface area (Å²) in [5, 5.41) is 9.73. The quantitative estimate of drug-likeness (QED) is 0.820. The standard InChI is InChI=1S/C16H17F4NO4/c1-7-3-11-12(14(13(7)17)25-8(2)16(18,19)20)15(23)21-5-10(22)4-9(21)6-24-11/h3,8-10,22H,4-6H2,1-2H3/t8-,9-,10+/m1/s1. The Labute approximate surface area is 141 Å². The van der Waals surface area contributed by atoms with Crippen molar-refractivity contribution in [2.45, 2.75) is 44.7 Å². The van der Waals surface area contributed by atoms with Gasteiger partial charge in [-0.3, -0.25) is 4.79 Å². The number of ether oxygens (including phenoxy) is 2. The van der Waals surface area contributed by atoms with Gasteiger partial charge in [0.1, 0.15) is 17.9 Å². The van der Waals surface area contributed by atoms with Crippen molar-refractivity contribution in [3.05, 3.63) is 23.0 Å². The molecule has 25 heavy (non-hydrogen) atoms. The molecule has 0 radical (unpaired) electrons. The van der Waals surface area contributed by atoms with Crippen molar-refractivity contribution in [2.75, 3.05) is 13.2 Å². The van der Waals surface area contributed by atoms with Gasteiger partial charge < -0.3 is 19.5 Å². The van der Waals surface area contributed by atoms with Gasteiger partial charge in [0.05, 0.1) is 12.1 Å². The van der Waals surface area contributed by atoms with Gasteiger partial charge in [0.15, 0.2) is 17.7 Å². The van der Waals surface area contributed by atoms with Crippen molar-refractivity contribution >= 4 is 5.91 Å². The number of nitrogens with zero attached hydrogens (tertiary/aromatic N) is 1. The van der Waals surface area contributed by atoms with E-state index < -0.39 is 41.9 Å². The fourth-order valence-electron chi connectivity index (χ4n) is 3.03. The first-order chi connectivity index (χ1) is 11.6. The maximum absolute atomic E-state index is 14.5. The first kappa shape index (κ1) is 17.8. The Morgan fingerprint density at radius 1 is 1.44 bits per heavy atom. The maximum Gasteiger partial charge on any atom is 0.425 e. The molecule has 1 fully saturated rings. The minimum absolute atomic E-state index is 0.00998. The van der Waals surface area contributed by atoms with Crippen molar-refractivity contribution in [2.24, 2.45) is 0 Å². The number of alkyl halides is 3. The SMILES string of the molecule is Cc1cc2c(c(O[C@H](C)C(F)(F)F)c1F)C(=O)N1C[C@@H](O)C[C@@H]1CO2. The van der Waals surface area contributed by atoms with Crippen LogP contribution in [0.2, 0.25) is 0 Å². The van der Waals surface area contributed by atoms with Crippen LogP contribution in [-0.2, 0) is 0 Å². The lowest BCUT2D eigenvalue weighted by Gasteiger charge is -2.23. The highest BCUT2D eigenvalue weighted by atomic mass is 19.4. The molecular formula is C16H17F4NO4. The summed E-state index contributed by atoms with van der Waals surface area (Å²) in [7, 11) is 0. The zero-order valence-corrected chi connectivity index (χ0v) is 13.6. The van der Waals surface area contributed by atoms with E-state index in [-0.39, 0.29) is 36.4 Å². The maximum atomic E-state index is 14.5. The molecule has 0 unspecified atom stereocenters. The monoisotopic (exact) mass is 363 g/mol. The topological polar surface area (TPSA) is 59.0 Å². The second-order valence-corrected chi connectivity index (χ2v) is 6.32. The second-order valence-electron chi connectivity index (χ2n) is 6.32. The van der Waals surface area contributed by atoms with Gasteiger partial charge in [0.2, 0.25) is 0 Å². The molecule has 1 aromatic carbocycles. The van der Waals surface area contributed by atoms with Gasteiger partial charge in [-0.25, -0.2) is 4.39 Å². The summed E-state index contributed by atoms with van der Waals surface area (Å²) in [6, 6.07) is 0.845. The van der Waals surface area contributed by atoms with Crippen molar-refractivity contribution < 1.29 is 36.9 Å². The van der Waals surface area contributed by atoms with Crippen LogP contribution in [0.4, 0.5) is 17.6 Å². The molecule has 1 N–H and O–H groups in total. The third-order valence-electron chi connectivity index (χ3n) is 4.42. The number of rotatable bonds is 2. The number of halogens is 4. The molecular weight excluding hydrogens is 346 g/mol. The van der Waals surface area contributed by atoms with Gasteiger partial charge in [-0.15, -0.1) is 0 Å². The average Bonchev–Trinajstić information content (AvgIpc) is 2.83. The highest BCUT2D eigenvalue weighted by Gasteiger charge is 2.43. The molecule has 2 heterocycles. The fraction of sp³-hybridized carbons (Fsp3) is 0.562. The second kappa shape index (κ2) is 6.05. The summed E-state index contributed by atoms with van der Waals surface area (Å²) < 4.78 is 63.3. The Balaban J connectivity index is 2.08. The van der Waals surface area contributed by atoms with E-state index >= 15 is 0 Å². The van der Waals surface area contributed by atoms with E-state index in [1.54, 1.807) is 0 Å². The van der Waals surface area contributed by atoms with Crippen LogP contribution in [0.15, 0.2) is 6.07 Å². The van der Waals surface area contributed by atoms with Crippen LogP contribution in [0.3, 0.4) is 0 Å². The number of carbonyl (C=O) groups is 1. The van der Waals surface area contributed by atoms with Crippen molar-refractivity contribution in [3.8, 4) is 11.5 Å². The lowest BCUT2D eigenvalue weighted by atomic mass is 10.1. The summed E-state index contributed by atoms with van der Waals surface area (Å²) in [6.07, 6.45) is -7.49. The van der Waals surface area contributed by atoms with Crippen molar-refractivity contribution in [1.82, 2.24) is 4.90 Å². The highest BCUT2D eigenvalue weighted by Crippen LogP contribution is 2.40. The molecule has 3 rings (SSSR count). The number of hydrogen-bond acceptors (Lipinski definition) is 4. The van der Waals surface area contributed by atoms with E-state index in [1.165, 1.54) is 17.9 Å². The predicted molar refractivity (Wildman–Crippen MR) is 78.2 cm³/mol. The summed E-state index contributed by atoms with van der Waals surface area (Å²) in [6.45, 7) is 2.16. The molecule has 138 valence electrons. The predicted octanol–water partition coefficient (Wildman–Crippen LogP) is 2.43. The molecule has 1 saturated heterocycles. The number of benzene rings is 1. The van der Waals surface area contributed by atoms with Crippen LogP contribution in [-0.4, -0.2) is 53.5 Å². The third-order valence-corrected chi connectivity index (χ3v) is 4.42. The largest absolute Gasteiger partial charge is 0.490 e. The summed E-state index contributed by atoms with van der Waals surface area (Å²) in [5.74, 6) is -2.54. The molecule has 9 heteroatoms. The Morgan fingerprint density at radius 3 is 2.76 bits per heavy atom. The molecule has 0 aromatic heterocycles. The highest BCUT2D eigenvalue weighted by molar-refractivity contribution is 6.00. The van der Waals surface area contributed by atoms with Crippen LogP contribution in [0.5, 0.6) is 11.5 Å². The first-order valence-electron chi connectivity index (χ1n) is 7.78. The Bertz CT molecular complexity index is 706. The lowest BCUT2D eigenvalue weighted by molar-refractivity contribution is -0.189. The van der Waals surface area contributed by atoms with E-state index in [0.717, 1.165) is 6.92 Å². The zero-order chi connectivity index (χ0) is 18.5. The molecule has 0 spiro atoms. The third kappa shape index (κ3) is 3.12. The van der Waals surface area contributed by atoms with Crippen LogP contribution in [0, 0.1) is 12.7 Å². The summed E-state index contributed by atoms with van der Waals surface area (Å²) in [4.78, 5) is 14.1. The molecule has 2 aliphatic rings. The van der Waals surface area contributed by atoms with E-state index in [1.807, 2.05) is 0 Å². The molecule has 2 aliphatic heterocycles. The number of aliphatic hydroxyl groups excluding tert-OH is 1. The molecule has 0 bridgehead atoms. The lowest BCUT2D eigenvalue weighted by Crippen LogP contribution is -2.37. The minimum atomic E-state index is -4.72. The number of amides is 1. The van der Waals surface area contributed by atoms with Crippen LogP contribution in [0.1, 0.15) is 29.3 Å². The van der Waals surface area contributed by atoms with Crippen LogP contribution < -0.4 is 9.47 Å². The average molecular weight is 363 g/mol. The molecule has 3 atom stereocenters. The first-order valence-corrected chi connectivity index (χ1v) is 7.78. The van der Waals surface area contributed by atoms with Crippen LogP contribution in [0.25, 0.3) is 0 Å². The molecule has 1 aromatic rings. The summed E-state index contributed by atoms with van der Waals surface area (Å²) >= 11 is 0. The van der Waals surface area contributed by atoms with E-state index in [4.69, 9.17) is 9.47 Å². The number of fused-ring (bicyclic) bond motifs is 2. The minimum Gasteiger partial charge on any atom is -0.490 e. The normalized spacial score (nSPS) is 24.3. The smallest absolute Gasteiger partial charge is 0.425 e. The molecule has 1 amide bonds. The van der Waals surface area contributed by atoms with E-state index in [9.17, 15) is 27.5 Å². The van der Waals surface area contributed by atoms with Crippen molar-refractivity contribution in [1.29, 1.82) is 0 Å². The Morgan fingerprint density at radius 2 is 2.12 bits per heavy atom. The molecule has 0 saturated carbocycles. The molecule has 5 nitrogen and oxygen atoms in total. The number of aliphatic hydroxyl groups is 1. The van der Waals surface area contributed by atoms with Crippen LogP contribution >= 0.6 is 0 Å². The number of aryl methyl sites for hydroxylation is 1. The van der Waals surface area contributed by atoms with Crippen molar-refractivity contribution in [3.63, 3.8) is 0 Å². The van der Waals surface area contributed by atoms with E-state index in [0.29, 0.717) is 0 Å². The molecule has 0 aliphatic carbocycles. The number of hydrogen-bond donors (Lipinski definition) is 1. The zero-order valence-electron chi connectivity index (χ0n) is 13.6. The number of carbonyl (C=O) groups excluding carboxylic acids is 1. The Hall–Kier alpha value is -2.03. The summed E-state index contributed by atoms with van der Waals surface area (Å²) in [5.41, 5.74) is -0.367. The van der Waals surface area contributed by atoms with Gasteiger partial charge in [-0.1, -0.05) is 0 Å². The van der Waals surface area contributed by atoms with Gasteiger partial charge in [0.25, 0.3) is 5.91 Å². The van der Waals surface area contributed by atoms with Gasteiger partial charge >= 0.3 is 6.18 Å². The van der Waals surface area contributed by atoms with Gasteiger partial charge in [-0.2, -0.15) is 13.2 Å². The Kier molecular flexibility index (Phi) is 4.30.